The van der Waals surface area contributed by atoms with Crippen LogP contribution in [-0.2, 0) is 4.79 Å². The van der Waals surface area contributed by atoms with Crippen LogP contribution in [-0.4, -0.2) is 64.5 Å². The monoisotopic (exact) mass is 377 g/mol. The molecule has 7 nitrogen and oxygen atoms in total. The molecule has 1 saturated heterocycles. The Labute approximate surface area is 163 Å². The van der Waals surface area contributed by atoms with Gasteiger partial charge < -0.3 is 15.5 Å². The predicted octanol–water partition coefficient (Wildman–Crippen LogP) is 1.59. The second-order valence-corrected chi connectivity index (χ2v) is 6.93. The normalized spacial score (nSPS) is 15.6. The first-order chi connectivity index (χ1) is 13.7. The third kappa shape index (κ3) is 3.36. The lowest BCUT2D eigenvalue weighted by Gasteiger charge is -2.36. The van der Waals surface area contributed by atoms with Gasteiger partial charge in [-0.25, -0.2) is 0 Å². The van der Waals surface area contributed by atoms with E-state index in [9.17, 15) is 9.59 Å². The molecule has 28 heavy (non-hydrogen) atoms. The highest BCUT2D eigenvalue weighted by atomic mass is 16.2. The molecule has 4 rings (SSSR count). The van der Waals surface area contributed by atoms with Gasteiger partial charge in [-0.15, -0.1) is 0 Å². The number of aromatic amines is 1. The first kappa shape index (κ1) is 18.2. The van der Waals surface area contributed by atoms with Gasteiger partial charge in [-0.2, -0.15) is 5.10 Å². The smallest absolute Gasteiger partial charge is 0.275 e. The summed E-state index contributed by atoms with van der Waals surface area (Å²) in [7, 11) is 0. The fourth-order valence-corrected chi connectivity index (χ4v) is 3.69. The summed E-state index contributed by atoms with van der Waals surface area (Å²) in [4.78, 5) is 29.4. The van der Waals surface area contributed by atoms with Crippen molar-refractivity contribution in [1.82, 2.24) is 20.0 Å². The molecule has 0 saturated carbocycles. The molecule has 144 valence electrons. The molecule has 0 radical (unpaired) electrons. The molecular weight excluding hydrogens is 354 g/mol. The minimum absolute atomic E-state index is 0.0195. The van der Waals surface area contributed by atoms with E-state index in [4.69, 9.17) is 5.73 Å². The summed E-state index contributed by atoms with van der Waals surface area (Å²) in [5.41, 5.74) is 8.08. The van der Waals surface area contributed by atoms with Gasteiger partial charge in [-0.1, -0.05) is 48.5 Å². The number of hydrogen-bond acceptors (Lipinski definition) is 4. The highest BCUT2D eigenvalue weighted by molar-refractivity contribution is 6.04. The van der Waals surface area contributed by atoms with Gasteiger partial charge in [0.25, 0.3) is 5.91 Å². The average Bonchev–Trinajstić information content (AvgIpc) is 3.19. The van der Waals surface area contributed by atoms with E-state index in [-0.39, 0.29) is 24.3 Å². The van der Waals surface area contributed by atoms with Crippen molar-refractivity contribution in [2.24, 2.45) is 5.73 Å². The maximum absolute atomic E-state index is 12.9. The Kier molecular flexibility index (Phi) is 5.08. The number of H-pyrrole nitrogens is 1. The van der Waals surface area contributed by atoms with E-state index in [1.165, 1.54) is 0 Å². The first-order valence-electron chi connectivity index (χ1n) is 9.45. The number of hydrogen-bond donors (Lipinski definition) is 2. The lowest BCUT2D eigenvalue weighted by Crippen LogP contribution is -2.52. The van der Waals surface area contributed by atoms with Crippen molar-refractivity contribution in [3.05, 3.63) is 65.9 Å². The van der Waals surface area contributed by atoms with Gasteiger partial charge in [0.15, 0.2) is 5.69 Å². The topological polar surface area (TPSA) is 95.3 Å². The number of piperazine rings is 1. The maximum Gasteiger partial charge on any atom is 0.275 e. The summed E-state index contributed by atoms with van der Waals surface area (Å²) in [6.45, 7) is 2.23. The number of rotatable bonds is 4. The second kappa shape index (κ2) is 7.82. The molecule has 2 aromatic carbocycles. The molecule has 1 fully saturated rings. The predicted molar refractivity (Wildman–Crippen MR) is 107 cm³/mol. The standard InChI is InChI=1S/C21H23N5O2/c22-14-17(15-6-2-1-3-7-15)20(27)25-10-12-26(13-11-25)21(28)19-16-8-4-5-9-18(16)23-24-19/h1-9,17H,10-14,22H2,(H,23,24). The fourth-order valence-electron chi connectivity index (χ4n) is 3.69. The number of benzene rings is 2. The summed E-state index contributed by atoms with van der Waals surface area (Å²) in [5.74, 6) is -0.437. The van der Waals surface area contributed by atoms with Crippen molar-refractivity contribution in [2.75, 3.05) is 32.7 Å². The van der Waals surface area contributed by atoms with E-state index in [1.807, 2.05) is 54.6 Å². The van der Waals surface area contributed by atoms with Crippen molar-refractivity contribution in [2.45, 2.75) is 5.92 Å². The Morgan fingerprint density at radius 2 is 1.61 bits per heavy atom. The molecule has 1 aliphatic heterocycles. The third-order valence-electron chi connectivity index (χ3n) is 5.29. The number of carbonyl (C=O) groups excluding carboxylic acids is 2. The Balaban J connectivity index is 1.43. The van der Waals surface area contributed by atoms with Gasteiger partial charge in [0.05, 0.1) is 11.4 Å². The molecule has 7 heteroatoms. The highest BCUT2D eigenvalue weighted by Gasteiger charge is 2.30. The molecular formula is C21H23N5O2. The molecule has 1 unspecified atom stereocenters. The van der Waals surface area contributed by atoms with Crippen molar-refractivity contribution in [3.8, 4) is 0 Å². The Hall–Kier alpha value is -3.19. The summed E-state index contributed by atoms with van der Waals surface area (Å²) in [6.07, 6.45) is 0. The molecule has 1 aliphatic rings. The number of para-hydroxylation sites is 1. The molecule has 1 atom stereocenters. The fraction of sp³-hybridized carbons (Fsp3) is 0.286. The van der Waals surface area contributed by atoms with Crippen LogP contribution in [0.3, 0.4) is 0 Å². The summed E-state index contributed by atoms with van der Waals surface area (Å²) in [5, 5.41) is 7.91. The van der Waals surface area contributed by atoms with Crippen LogP contribution in [0, 0.1) is 0 Å². The molecule has 0 aliphatic carbocycles. The van der Waals surface area contributed by atoms with Gasteiger partial charge in [0.2, 0.25) is 5.91 Å². The number of fused-ring (bicyclic) bond motifs is 1. The van der Waals surface area contributed by atoms with Gasteiger partial charge in [0, 0.05) is 38.1 Å². The quantitative estimate of drug-likeness (QED) is 0.722. The van der Waals surface area contributed by atoms with Crippen LogP contribution in [0.15, 0.2) is 54.6 Å². The molecule has 2 heterocycles. The summed E-state index contributed by atoms with van der Waals surface area (Å²) < 4.78 is 0. The van der Waals surface area contributed by atoms with Crippen LogP contribution < -0.4 is 5.73 Å². The summed E-state index contributed by atoms with van der Waals surface area (Å²) in [6, 6.07) is 17.2. The zero-order chi connectivity index (χ0) is 19.5. The van der Waals surface area contributed by atoms with Gasteiger partial charge >= 0.3 is 0 Å². The number of nitrogens with one attached hydrogen (secondary N) is 1. The van der Waals surface area contributed by atoms with Crippen molar-refractivity contribution in [1.29, 1.82) is 0 Å². The van der Waals surface area contributed by atoms with Crippen molar-refractivity contribution < 1.29 is 9.59 Å². The Morgan fingerprint density at radius 1 is 0.964 bits per heavy atom. The molecule has 0 bridgehead atoms. The van der Waals surface area contributed by atoms with Gasteiger partial charge in [-0.3, -0.25) is 14.7 Å². The zero-order valence-electron chi connectivity index (χ0n) is 15.5. The van der Waals surface area contributed by atoms with Crippen LogP contribution >= 0.6 is 0 Å². The molecule has 2 amide bonds. The molecule has 3 aromatic rings. The van der Waals surface area contributed by atoms with Crippen molar-refractivity contribution in [3.63, 3.8) is 0 Å². The van der Waals surface area contributed by atoms with Crippen molar-refractivity contribution >= 4 is 22.7 Å². The number of carbonyl (C=O) groups is 2. The van der Waals surface area contributed by atoms with Crippen LogP contribution in [0.4, 0.5) is 0 Å². The minimum Gasteiger partial charge on any atom is -0.339 e. The molecule has 3 N–H and O–H groups in total. The Morgan fingerprint density at radius 3 is 2.32 bits per heavy atom. The van der Waals surface area contributed by atoms with E-state index >= 15 is 0 Å². The number of aromatic nitrogens is 2. The zero-order valence-corrected chi connectivity index (χ0v) is 15.5. The van der Waals surface area contributed by atoms with Gasteiger partial charge in [0.1, 0.15) is 0 Å². The average molecular weight is 377 g/mol. The van der Waals surface area contributed by atoms with Crippen LogP contribution in [0.2, 0.25) is 0 Å². The number of nitrogens with two attached hydrogens (primary N) is 1. The summed E-state index contributed by atoms with van der Waals surface area (Å²) >= 11 is 0. The van der Waals surface area contributed by atoms with Crippen LogP contribution in [0.5, 0.6) is 0 Å². The highest BCUT2D eigenvalue weighted by Crippen LogP contribution is 2.20. The van der Waals surface area contributed by atoms with E-state index in [0.29, 0.717) is 31.9 Å². The first-order valence-corrected chi connectivity index (χ1v) is 9.45. The Bertz CT molecular complexity index is 977. The minimum atomic E-state index is -0.348. The molecule has 1 aromatic heterocycles. The lowest BCUT2D eigenvalue weighted by atomic mass is 9.97. The largest absolute Gasteiger partial charge is 0.339 e. The van der Waals surface area contributed by atoms with E-state index in [1.54, 1.807) is 9.80 Å². The van der Waals surface area contributed by atoms with Crippen LogP contribution in [0.1, 0.15) is 22.0 Å². The maximum atomic E-state index is 12.9. The van der Waals surface area contributed by atoms with E-state index in [2.05, 4.69) is 10.2 Å². The second-order valence-electron chi connectivity index (χ2n) is 6.93. The lowest BCUT2D eigenvalue weighted by molar-refractivity contribution is -0.134. The number of amides is 2. The third-order valence-corrected chi connectivity index (χ3v) is 5.29. The van der Waals surface area contributed by atoms with Gasteiger partial charge in [-0.05, 0) is 11.6 Å². The SMILES string of the molecule is NCC(C(=O)N1CCN(C(=O)c2n[nH]c3ccccc23)CC1)c1ccccc1. The molecule has 0 spiro atoms. The number of nitrogens with zero attached hydrogens (tertiary/aromatic N) is 3. The van der Waals surface area contributed by atoms with Crippen LogP contribution in [0.25, 0.3) is 10.9 Å². The van der Waals surface area contributed by atoms with E-state index < -0.39 is 0 Å². The van der Waals surface area contributed by atoms with E-state index in [0.717, 1.165) is 16.5 Å².